The molecule has 110 heavy (non-hydrogen) atoms. The molecule has 0 radical (unpaired) electrons. The van der Waals surface area contributed by atoms with Crippen molar-refractivity contribution in [3.63, 3.8) is 0 Å². The van der Waals surface area contributed by atoms with Gasteiger partial charge in [-0.1, -0.05) is 298 Å². The highest BCUT2D eigenvalue weighted by Gasteiger charge is 2.46. The summed E-state index contributed by atoms with van der Waals surface area (Å²) in [5.41, 5.74) is 23.3. The average Bonchev–Trinajstić information content (AvgIpc) is 0.916. The summed E-state index contributed by atoms with van der Waals surface area (Å²) >= 11 is 0. The minimum Gasteiger partial charge on any atom is -0.452 e. The highest BCUT2D eigenvalue weighted by Crippen LogP contribution is 2.55. The van der Waals surface area contributed by atoms with E-state index < -0.39 is 43.0 Å². The Hall–Kier alpha value is -11.9. The molecule has 17 aromatic rings. The van der Waals surface area contributed by atoms with Crippen LogP contribution >= 0.6 is 0 Å². The van der Waals surface area contributed by atoms with E-state index in [0.717, 1.165) is 127 Å². The van der Waals surface area contributed by atoms with Crippen molar-refractivity contribution >= 4 is 123 Å². The van der Waals surface area contributed by atoms with Crippen LogP contribution in [-0.4, -0.2) is 15.8 Å². The predicted octanol–water partition coefficient (Wildman–Crippen LogP) is 27.0. The van der Waals surface area contributed by atoms with Gasteiger partial charge in [0, 0.05) is 66.2 Å². The SMILES string of the molecule is [2H]c1c([2H])c([2H])c(-c2ccc3c(c2)N(c2c(-c4ccccc4)cc(C(C)(C)C)cc2-c2ccccc2)c2cc(-n4c5ccc(C(C)(C)C)cc5c5cc(C(C)(C)C)ccc54)cc4c2B3c2ccc(-c3c([2H])c([2H])c([2H])c([2H])c3[2H])cc2N4c2cccc3c2oc2c(-n4c5ccc(C(C)(C)C)cc5c5cc(C(C)(C)C)ccc54)cccc23)c([2H])c1[2H]. The van der Waals surface area contributed by atoms with Gasteiger partial charge in [-0.15, -0.1) is 0 Å². The van der Waals surface area contributed by atoms with Gasteiger partial charge in [0.15, 0.2) is 11.2 Å². The molecule has 0 fully saturated rings. The number of hydrogen-bond acceptors (Lipinski definition) is 3. The minimum atomic E-state index is -0.671. The zero-order valence-corrected chi connectivity index (χ0v) is 65.2. The van der Waals surface area contributed by atoms with Crippen molar-refractivity contribution in [1.29, 1.82) is 0 Å². The van der Waals surface area contributed by atoms with Gasteiger partial charge in [-0.25, -0.2) is 0 Å². The monoisotopic (exact) mass is 1430 g/mol. The molecule has 5 nitrogen and oxygen atoms in total. The van der Waals surface area contributed by atoms with E-state index in [1.807, 2.05) is 36.4 Å². The van der Waals surface area contributed by atoms with Gasteiger partial charge in [0.1, 0.15) is 0 Å². The van der Waals surface area contributed by atoms with E-state index in [2.05, 4.69) is 317 Å². The summed E-state index contributed by atoms with van der Waals surface area (Å²) in [5, 5.41) is 6.18. The zero-order valence-electron chi connectivity index (χ0n) is 75.2. The topological polar surface area (TPSA) is 29.5 Å². The molecule has 5 heterocycles. The van der Waals surface area contributed by atoms with Crippen molar-refractivity contribution in [2.45, 2.75) is 131 Å². The molecule has 0 N–H and O–H groups in total. The Morgan fingerprint density at radius 3 is 1.08 bits per heavy atom. The van der Waals surface area contributed by atoms with Crippen LogP contribution in [0.5, 0.6) is 0 Å². The van der Waals surface area contributed by atoms with Crippen LogP contribution in [0.2, 0.25) is 0 Å². The quantitative estimate of drug-likeness (QED) is 0.142. The number of furan rings is 1. The summed E-state index contributed by atoms with van der Waals surface area (Å²) in [6.07, 6.45) is 0. The number of aromatic nitrogens is 2. The van der Waals surface area contributed by atoms with Crippen molar-refractivity contribution in [2.75, 3.05) is 9.80 Å². The molecule has 0 unspecified atom stereocenters. The molecule has 2 aliphatic heterocycles. The molecule has 0 saturated carbocycles. The summed E-state index contributed by atoms with van der Waals surface area (Å²) in [7, 11) is 0. The normalized spacial score (nSPS) is 14.6. The Balaban J connectivity index is 1.01. The fourth-order valence-corrected chi connectivity index (χ4v) is 17.3. The number of nitrogens with zero attached hydrogens (tertiary/aromatic N) is 4. The van der Waals surface area contributed by atoms with Crippen LogP contribution in [0, 0.1) is 0 Å². The highest BCUT2D eigenvalue weighted by molar-refractivity contribution is 7.00. The van der Waals surface area contributed by atoms with Gasteiger partial charge in [-0.2, -0.15) is 0 Å². The van der Waals surface area contributed by atoms with Gasteiger partial charge in [-0.05, 0) is 202 Å². The lowest BCUT2D eigenvalue weighted by molar-refractivity contribution is 0.590. The molecule has 0 aliphatic carbocycles. The number of fused-ring (bicyclic) bond motifs is 13. The average molecular weight is 1440 g/mol. The predicted molar refractivity (Wildman–Crippen MR) is 472 cm³/mol. The van der Waals surface area contributed by atoms with E-state index in [4.69, 9.17) is 7.16 Å². The third-order valence-corrected chi connectivity index (χ3v) is 23.2. The molecule has 14 aromatic carbocycles. The van der Waals surface area contributed by atoms with Crippen molar-refractivity contribution in [3.05, 3.63) is 319 Å². The summed E-state index contributed by atoms with van der Waals surface area (Å²) in [5.74, 6) is 0. The highest BCUT2D eigenvalue weighted by atomic mass is 16.3. The largest absolute Gasteiger partial charge is 0.452 e. The number of anilines is 6. The maximum absolute atomic E-state index is 9.72. The van der Waals surface area contributed by atoms with Gasteiger partial charge in [0.2, 0.25) is 0 Å². The Labute approximate surface area is 661 Å². The van der Waals surface area contributed by atoms with E-state index in [-0.39, 0.29) is 62.4 Å². The Bertz CT molecular complexity index is 7000. The second-order valence-electron chi connectivity index (χ2n) is 35.5. The second-order valence-corrected chi connectivity index (χ2v) is 35.5. The van der Waals surface area contributed by atoms with Crippen molar-refractivity contribution in [2.24, 2.45) is 0 Å². The summed E-state index contributed by atoms with van der Waals surface area (Å²) in [4.78, 5) is 4.69. The maximum Gasteiger partial charge on any atom is 0.252 e. The van der Waals surface area contributed by atoms with E-state index in [1.54, 1.807) is 0 Å². The summed E-state index contributed by atoms with van der Waals surface area (Å²) < 4.78 is 106. The molecule has 0 bridgehead atoms. The Morgan fingerprint density at radius 2 is 0.664 bits per heavy atom. The number of rotatable bonds is 8. The van der Waals surface area contributed by atoms with E-state index >= 15 is 0 Å². The van der Waals surface area contributed by atoms with E-state index in [1.165, 1.54) is 22.3 Å². The fourth-order valence-electron chi connectivity index (χ4n) is 17.3. The maximum atomic E-state index is 9.72. The third-order valence-electron chi connectivity index (χ3n) is 23.2. The number of para-hydroxylation sites is 2. The number of hydrogen-bond donors (Lipinski definition) is 0. The van der Waals surface area contributed by atoms with E-state index in [0.29, 0.717) is 39.4 Å². The van der Waals surface area contributed by atoms with Crippen LogP contribution in [0.3, 0.4) is 0 Å². The Morgan fingerprint density at radius 1 is 0.282 bits per heavy atom. The van der Waals surface area contributed by atoms with Crippen LogP contribution in [0.15, 0.2) is 295 Å². The van der Waals surface area contributed by atoms with Gasteiger partial charge in [0.25, 0.3) is 6.71 Å². The lowest BCUT2D eigenvalue weighted by Crippen LogP contribution is -2.61. The molecule has 3 aromatic heterocycles. The molecule has 538 valence electrons. The minimum absolute atomic E-state index is 0.0413. The van der Waals surface area contributed by atoms with Gasteiger partial charge >= 0.3 is 0 Å². The van der Waals surface area contributed by atoms with Gasteiger partial charge in [-0.3, -0.25) is 0 Å². The standard InChI is InChI=1S/C104H93BN4O/c1-100(2,3)70-44-50-86-80(56-70)81-57-71(101(4,5)6)45-51-87(81)106(86)75-62-94-96-95(63-75)109(97-78(66-34-24-18-25-35-66)60-74(104(13,14)15)61-79(97)67-36-26-19-27-37-67)93-55-69(65-32-22-17-23-33-65)43-49-85(93)105(96)84-48-42-68(64-30-20-16-21-31-64)54-92(84)108(94)91-41-29-39-77-76-38-28-40-90(98(76)110-99(77)91)107-88-52-46-72(102(7,8)9)58-82(88)83-59-73(103(10,11)12)47-53-89(83)107/h16-63H,1-15H3/i16D,17D,20D,21D,22D,23D,30D,31D,32D,33D. The first kappa shape index (κ1) is 58.2. The van der Waals surface area contributed by atoms with Crippen LogP contribution < -0.4 is 26.2 Å². The Kier molecular flexibility index (Phi) is 13.1. The smallest absolute Gasteiger partial charge is 0.252 e. The molecular weight excluding hydrogens is 1330 g/mol. The second kappa shape index (κ2) is 24.8. The van der Waals surface area contributed by atoms with Crippen LogP contribution in [0.1, 0.15) is 145 Å². The third kappa shape index (κ3) is 11.1. The van der Waals surface area contributed by atoms with Crippen molar-refractivity contribution < 1.29 is 18.1 Å². The zero-order chi connectivity index (χ0) is 84.5. The van der Waals surface area contributed by atoms with Gasteiger partial charge < -0.3 is 23.4 Å². The lowest BCUT2D eigenvalue weighted by atomic mass is 9.33. The molecule has 0 amide bonds. The molecule has 0 saturated heterocycles. The first-order chi connectivity index (χ1) is 56.9. The molecule has 0 atom stereocenters. The summed E-state index contributed by atoms with van der Waals surface area (Å²) in [6, 6.07) is 78.4. The van der Waals surface area contributed by atoms with Crippen LogP contribution in [0.4, 0.5) is 34.1 Å². The van der Waals surface area contributed by atoms with E-state index in [9.17, 15) is 11.0 Å². The number of benzene rings is 14. The van der Waals surface area contributed by atoms with Crippen molar-refractivity contribution in [3.8, 4) is 55.9 Å². The van der Waals surface area contributed by atoms with Crippen LogP contribution in [0.25, 0.3) is 121 Å². The molecule has 6 heteroatoms. The first-order valence-electron chi connectivity index (χ1n) is 43.5. The fraction of sp³-hybridized carbons (Fsp3) is 0.192. The molecule has 19 rings (SSSR count). The van der Waals surface area contributed by atoms with Crippen molar-refractivity contribution in [1.82, 2.24) is 9.13 Å². The van der Waals surface area contributed by atoms with Crippen LogP contribution in [-0.2, 0) is 27.1 Å². The molecule has 2 aliphatic rings. The first-order valence-corrected chi connectivity index (χ1v) is 38.5. The molecular formula is C104H93BN4O. The molecule has 0 spiro atoms. The lowest BCUT2D eigenvalue weighted by Gasteiger charge is -2.45. The van der Waals surface area contributed by atoms with Gasteiger partial charge in [0.05, 0.1) is 58.5 Å². The summed E-state index contributed by atoms with van der Waals surface area (Å²) in [6.45, 7) is 33.1.